The van der Waals surface area contributed by atoms with E-state index in [0.29, 0.717) is 0 Å². The summed E-state index contributed by atoms with van der Waals surface area (Å²) in [5.41, 5.74) is 0.120. The second-order valence-electron chi connectivity index (χ2n) is 3.04. The number of rotatable bonds is 5. The van der Waals surface area contributed by atoms with E-state index in [1.807, 2.05) is 5.40 Å². The van der Waals surface area contributed by atoms with Crippen molar-refractivity contribution in [3.05, 3.63) is 17.3 Å². The normalized spacial score (nSPS) is 9.61. The van der Waals surface area contributed by atoms with Crippen LogP contribution in [-0.2, 0) is 9.47 Å². The molecule has 1 heterocycles. The van der Waals surface area contributed by atoms with E-state index < -0.39 is 11.9 Å². The smallest absolute Gasteiger partial charge is 0.341 e. The number of carbonyl (C=O) groups is 2. The van der Waals surface area contributed by atoms with Gasteiger partial charge in [-0.2, -0.15) is 5.26 Å². The van der Waals surface area contributed by atoms with Gasteiger partial charge in [0.05, 0.1) is 18.8 Å². The number of nitriles is 1. The standard InChI is InChI=1S/C11H12N2O4S/c1-3-16-10(14)7-5-13-9(18-6-12)8(7)11(15)17-4-2/h5,13H,3-4H2,1-2H3. The average molecular weight is 268 g/mol. The summed E-state index contributed by atoms with van der Waals surface area (Å²) in [7, 11) is 0. The number of ether oxygens (including phenoxy) is 2. The monoisotopic (exact) mass is 268 g/mol. The number of aromatic nitrogens is 1. The van der Waals surface area contributed by atoms with E-state index in [9.17, 15) is 9.59 Å². The first-order valence-corrected chi connectivity index (χ1v) is 6.08. The van der Waals surface area contributed by atoms with Crippen LogP contribution in [0.4, 0.5) is 0 Å². The number of esters is 2. The molecule has 1 aromatic heterocycles. The zero-order valence-corrected chi connectivity index (χ0v) is 10.8. The Morgan fingerprint density at radius 2 is 1.94 bits per heavy atom. The third-order valence-corrected chi connectivity index (χ3v) is 2.58. The molecule has 96 valence electrons. The molecule has 0 aromatic carbocycles. The van der Waals surface area contributed by atoms with Gasteiger partial charge in [-0.1, -0.05) is 0 Å². The van der Waals surface area contributed by atoms with Gasteiger partial charge >= 0.3 is 11.9 Å². The average Bonchev–Trinajstić information content (AvgIpc) is 2.74. The molecule has 0 atom stereocenters. The lowest BCUT2D eigenvalue weighted by Gasteiger charge is -2.04. The van der Waals surface area contributed by atoms with Crippen LogP contribution in [0.3, 0.4) is 0 Å². The van der Waals surface area contributed by atoms with Gasteiger partial charge in [0.25, 0.3) is 0 Å². The molecular formula is C11H12N2O4S. The Hall–Kier alpha value is -1.94. The zero-order valence-electron chi connectivity index (χ0n) is 9.98. The van der Waals surface area contributed by atoms with Crippen LogP contribution in [-0.4, -0.2) is 30.1 Å². The number of thiocyanates is 1. The second-order valence-corrected chi connectivity index (χ2v) is 3.84. The number of nitrogens with one attached hydrogen (secondary N) is 1. The molecule has 0 radical (unpaired) electrons. The van der Waals surface area contributed by atoms with Crippen molar-refractivity contribution in [2.24, 2.45) is 0 Å². The molecule has 0 aliphatic carbocycles. The van der Waals surface area contributed by atoms with Crippen molar-refractivity contribution in [3.63, 3.8) is 0 Å². The largest absolute Gasteiger partial charge is 0.462 e. The number of hydrogen-bond acceptors (Lipinski definition) is 6. The SMILES string of the molecule is CCOC(=O)c1c[nH]c(SC#N)c1C(=O)OCC. The van der Waals surface area contributed by atoms with Crippen molar-refractivity contribution in [2.45, 2.75) is 18.9 Å². The minimum atomic E-state index is -0.653. The first-order valence-electron chi connectivity index (χ1n) is 5.27. The van der Waals surface area contributed by atoms with E-state index in [1.165, 1.54) is 6.20 Å². The van der Waals surface area contributed by atoms with E-state index in [-0.39, 0.29) is 29.4 Å². The fourth-order valence-corrected chi connectivity index (χ4v) is 1.81. The molecule has 0 amide bonds. The van der Waals surface area contributed by atoms with Gasteiger partial charge < -0.3 is 14.5 Å². The van der Waals surface area contributed by atoms with Crippen LogP contribution in [0, 0.1) is 10.7 Å². The predicted octanol–water partition coefficient (Wildman–Crippen LogP) is 1.94. The van der Waals surface area contributed by atoms with Crippen LogP contribution >= 0.6 is 11.8 Å². The Morgan fingerprint density at radius 1 is 1.33 bits per heavy atom. The summed E-state index contributed by atoms with van der Waals surface area (Å²) in [4.78, 5) is 26.1. The minimum absolute atomic E-state index is 0.0434. The van der Waals surface area contributed by atoms with Gasteiger partial charge in [-0.25, -0.2) is 9.59 Å². The quantitative estimate of drug-likeness (QED) is 0.498. The van der Waals surface area contributed by atoms with Crippen LogP contribution < -0.4 is 0 Å². The van der Waals surface area contributed by atoms with E-state index in [1.54, 1.807) is 13.8 Å². The Morgan fingerprint density at radius 3 is 2.50 bits per heavy atom. The Kier molecular flexibility index (Phi) is 5.27. The van der Waals surface area contributed by atoms with Crippen LogP contribution in [0.5, 0.6) is 0 Å². The van der Waals surface area contributed by atoms with Gasteiger partial charge in [0.1, 0.15) is 16.0 Å². The molecule has 0 unspecified atom stereocenters. The molecule has 0 bridgehead atoms. The van der Waals surface area contributed by atoms with Crippen molar-refractivity contribution in [2.75, 3.05) is 13.2 Å². The fourth-order valence-electron chi connectivity index (χ4n) is 1.31. The highest BCUT2D eigenvalue weighted by atomic mass is 32.2. The van der Waals surface area contributed by atoms with Crippen molar-refractivity contribution >= 4 is 23.7 Å². The van der Waals surface area contributed by atoms with E-state index in [4.69, 9.17) is 14.7 Å². The van der Waals surface area contributed by atoms with Crippen molar-refractivity contribution < 1.29 is 19.1 Å². The second kappa shape index (κ2) is 6.71. The minimum Gasteiger partial charge on any atom is -0.462 e. The van der Waals surface area contributed by atoms with E-state index in [0.717, 1.165) is 11.8 Å². The number of nitrogens with zero attached hydrogens (tertiary/aromatic N) is 1. The fraction of sp³-hybridized carbons (Fsp3) is 0.364. The topological polar surface area (TPSA) is 92.2 Å². The van der Waals surface area contributed by atoms with Gasteiger partial charge in [-0.15, -0.1) is 0 Å². The molecule has 0 spiro atoms. The van der Waals surface area contributed by atoms with Crippen molar-refractivity contribution in [1.29, 1.82) is 5.26 Å². The van der Waals surface area contributed by atoms with Crippen LogP contribution in [0.2, 0.25) is 0 Å². The molecule has 0 aliphatic rings. The summed E-state index contributed by atoms with van der Waals surface area (Å²) in [6.07, 6.45) is 1.34. The molecule has 7 heteroatoms. The summed E-state index contributed by atoms with van der Waals surface area (Å²) in [5.74, 6) is -1.28. The van der Waals surface area contributed by atoms with E-state index in [2.05, 4.69) is 4.98 Å². The summed E-state index contributed by atoms with van der Waals surface area (Å²) >= 11 is 0.754. The summed E-state index contributed by atoms with van der Waals surface area (Å²) < 4.78 is 9.68. The van der Waals surface area contributed by atoms with Crippen LogP contribution in [0.25, 0.3) is 0 Å². The number of hydrogen-bond donors (Lipinski definition) is 1. The molecule has 6 nitrogen and oxygen atoms in total. The molecule has 1 N–H and O–H groups in total. The molecule has 1 rings (SSSR count). The lowest BCUT2D eigenvalue weighted by molar-refractivity contribution is 0.0477. The van der Waals surface area contributed by atoms with E-state index >= 15 is 0 Å². The van der Waals surface area contributed by atoms with Gasteiger partial charge in [0, 0.05) is 18.0 Å². The van der Waals surface area contributed by atoms with Crippen molar-refractivity contribution in [1.82, 2.24) is 4.98 Å². The van der Waals surface area contributed by atoms with Gasteiger partial charge in [0.15, 0.2) is 0 Å². The molecule has 0 saturated carbocycles. The maximum atomic E-state index is 11.8. The number of carbonyl (C=O) groups excluding carboxylic acids is 2. The molecule has 0 fully saturated rings. The van der Waals surface area contributed by atoms with Gasteiger partial charge in [0.2, 0.25) is 0 Å². The zero-order chi connectivity index (χ0) is 13.5. The highest BCUT2D eigenvalue weighted by Crippen LogP contribution is 2.25. The Balaban J connectivity index is 3.15. The number of thioether (sulfide) groups is 1. The first kappa shape index (κ1) is 14.1. The third kappa shape index (κ3) is 3.05. The number of aromatic amines is 1. The van der Waals surface area contributed by atoms with Gasteiger partial charge in [-0.05, 0) is 13.8 Å². The Labute approximate surface area is 108 Å². The molecule has 1 aromatic rings. The predicted molar refractivity (Wildman–Crippen MR) is 64.2 cm³/mol. The summed E-state index contributed by atoms with van der Waals surface area (Å²) in [6, 6.07) is 0. The first-order chi connectivity index (χ1) is 8.65. The lowest BCUT2D eigenvalue weighted by atomic mass is 10.2. The van der Waals surface area contributed by atoms with Crippen molar-refractivity contribution in [3.8, 4) is 5.40 Å². The summed E-state index contributed by atoms with van der Waals surface area (Å²) in [5, 5.41) is 10.7. The summed E-state index contributed by atoms with van der Waals surface area (Å²) in [6.45, 7) is 3.71. The molecule has 0 aliphatic heterocycles. The van der Waals surface area contributed by atoms with Crippen LogP contribution in [0.1, 0.15) is 34.6 Å². The molecular weight excluding hydrogens is 256 g/mol. The highest BCUT2D eigenvalue weighted by Gasteiger charge is 2.25. The Bertz CT molecular complexity index is 490. The lowest BCUT2D eigenvalue weighted by Crippen LogP contribution is -2.12. The maximum Gasteiger partial charge on any atom is 0.341 e. The highest BCUT2D eigenvalue weighted by molar-refractivity contribution is 8.03. The van der Waals surface area contributed by atoms with Crippen LogP contribution in [0.15, 0.2) is 11.2 Å². The molecule has 18 heavy (non-hydrogen) atoms. The maximum absolute atomic E-state index is 11.8. The molecule has 0 saturated heterocycles. The third-order valence-electron chi connectivity index (χ3n) is 1.97. The van der Waals surface area contributed by atoms with Gasteiger partial charge in [-0.3, -0.25) is 0 Å². The number of H-pyrrole nitrogens is 1.